The fraction of sp³-hybridized carbons (Fsp3) is 0.167. The maximum atomic E-state index is 12.4. The van der Waals surface area contributed by atoms with E-state index in [1.165, 1.54) is 49.5 Å². The molecule has 0 aliphatic rings. The quantitative estimate of drug-likeness (QED) is 0.387. The Labute approximate surface area is 186 Å². The molecular weight excluding hydrogens is 466 g/mol. The largest absolute Gasteiger partial charge is 0.449 e. The molecule has 1 amide bonds. The van der Waals surface area contributed by atoms with Gasteiger partial charge in [-0.3, -0.25) is 9.52 Å². The van der Waals surface area contributed by atoms with Crippen LogP contribution in [0.3, 0.4) is 0 Å². The Kier molecular flexibility index (Phi) is 6.83. The van der Waals surface area contributed by atoms with Gasteiger partial charge in [0.15, 0.2) is 6.10 Å². The van der Waals surface area contributed by atoms with Crippen molar-refractivity contribution in [2.75, 3.05) is 10.0 Å². The van der Waals surface area contributed by atoms with E-state index in [2.05, 4.69) is 25.2 Å². The van der Waals surface area contributed by atoms with Crippen molar-refractivity contribution in [2.24, 2.45) is 0 Å². The molecule has 31 heavy (non-hydrogen) atoms. The number of nitrogens with zero attached hydrogens (tertiary/aromatic N) is 3. The lowest BCUT2D eigenvalue weighted by Gasteiger charge is -2.14. The zero-order valence-corrected chi connectivity index (χ0v) is 18.6. The molecule has 162 valence electrons. The van der Waals surface area contributed by atoms with Crippen molar-refractivity contribution in [1.29, 1.82) is 0 Å². The standard InChI is InChI=1S/C18H16ClN5O5S2/c1-10(29-17(26)14-4-3-9-20-15(14)19)16(25)21-12-5-7-13(8-6-12)31(27,28)24-18-23-22-11(2)30-18/h3-10H,1-2H3,(H,21,25)(H,23,24). The number of rotatable bonds is 7. The Morgan fingerprint density at radius 1 is 1.16 bits per heavy atom. The summed E-state index contributed by atoms with van der Waals surface area (Å²) in [5.74, 6) is -1.40. The molecule has 2 N–H and O–H groups in total. The number of carbonyl (C=O) groups excluding carboxylic acids is 2. The molecule has 0 aliphatic carbocycles. The summed E-state index contributed by atoms with van der Waals surface area (Å²) in [6, 6.07) is 8.40. The van der Waals surface area contributed by atoms with Gasteiger partial charge in [0, 0.05) is 11.9 Å². The number of amides is 1. The Morgan fingerprint density at radius 2 is 1.87 bits per heavy atom. The predicted octanol–water partition coefficient (Wildman–Crippen LogP) is 2.88. The van der Waals surface area contributed by atoms with Crippen LogP contribution in [0.1, 0.15) is 22.3 Å². The maximum absolute atomic E-state index is 12.4. The molecule has 0 radical (unpaired) electrons. The van der Waals surface area contributed by atoms with Crippen LogP contribution in [0.15, 0.2) is 47.5 Å². The van der Waals surface area contributed by atoms with Crippen molar-refractivity contribution in [2.45, 2.75) is 24.8 Å². The number of esters is 1. The van der Waals surface area contributed by atoms with Crippen LogP contribution < -0.4 is 10.0 Å². The Bertz CT molecular complexity index is 1210. The molecule has 1 aromatic carbocycles. The number of pyridine rings is 1. The van der Waals surface area contributed by atoms with Gasteiger partial charge in [0.2, 0.25) is 5.13 Å². The highest BCUT2D eigenvalue weighted by molar-refractivity contribution is 7.93. The highest BCUT2D eigenvalue weighted by Crippen LogP contribution is 2.21. The van der Waals surface area contributed by atoms with Gasteiger partial charge in [0.1, 0.15) is 10.2 Å². The number of nitrogens with one attached hydrogen (secondary N) is 2. The molecule has 0 bridgehead atoms. The van der Waals surface area contributed by atoms with Gasteiger partial charge in [0.05, 0.1) is 10.5 Å². The first kappa shape index (κ1) is 22.6. The lowest BCUT2D eigenvalue weighted by atomic mass is 10.2. The van der Waals surface area contributed by atoms with Gasteiger partial charge in [-0.05, 0) is 50.2 Å². The number of aromatic nitrogens is 3. The number of ether oxygens (including phenoxy) is 1. The summed E-state index contributed by atoms with van der Waals surface area (Å²) in [4.78, 5) is 28.2. The summed E-state index contributed by atoms with van der Waals surface area (Å²) in [5, 5.41) is 10.8. The summed E-state index contributed by atoms with van der Waals surface area (Å²) >= 11 is 6.95. The van der Waals surface area contributed by atoms with Gasteiger partial charge < -0.3 is 10.1 Å². The maximum Gasteiger partial charge on any atom is 0.342 e. The normalized spacial score (nSPS) is 12.1. The average molecular weight is 482 g/mol. The van der Waals surface area contributed by atoms with Crippen molar-refractivity contribution in [3.05, 3.63) is 58.3 Å². The lowest BCUT2D eigenvalue weighted by molar-refractivity contribution is -0.123. The second kappa shape index (κ2) is 9.37. The smallest absolute Gasteiger partial charge is 0.342 e. The van der Waals surface area contributed by atoms with Crippen LogP contribution in [0.5, 0.6) is 0 Å². The number of carbonyl (C=O) groups is 2. The van der Waals surface area contributed by atoms with E-state index in [-0.39, 0.29) is 20.7 Å². The first-order valence-electron chi connectivity index (χ1n) is 8.71. The third-order valence-corrected chi connectivity index (χ3v) is 6.35. The molecule has 0 aliphatic heterocycles. The van der Waals surface area contributed by atoms with Crippen LogP contribution in [0, 0.1) is 6.92 Å². The van der Waals surface area contributed by atoms with Crippen molar-refractivity contribution >= 4 is 55.7 Å². The zero-order chi connectivity index (χ0) is 22.6. The second-order valence-electron chi connectivity index (χ2n) is 6.13. The van der Waals surface area contributed by atoms with Crippen molar-refractivity contribution in [3.63, 3.8) is 0 Å². The predicted molar refractivity (Wildman–Crippen MR) is 115 cm³/mol. The van der Waals surface area contributed by atoms with Crippen LogP contribution in [0.4, 0.5) is 10.8 Å². The van der Waals surface area contributed by atoms with Gasteiger partial charge in [-0.25, -0.2) is 18.2 Å². The third kappa shape index (κ3) is 5.75. The first-order valence-corrected chi connectivity index (χ1v) is 11.4. The third-order valence-electron chi connectivity index (χ3n) is 3.81. The lowest BCUT2D eigenvalue weighted by Crippen LogP contribution is -2.30. The number of sulfonamides is 1. The molecule has 3 rings (SSSR count). The van der Waals surface area contributed by atoms with Gasteiger partial charge in [-0.2, -0.15) is 0 Å². The summed E-state index contributed by atoms with van der Waals surface area (Å²) in [5.41, 5.74) is 0.356. The molecular formula is C18H16ClN5O5S2. The summed E-state index contributed by atoms with van der Waals surface area (Å²) < 4.78 is 32.2. The molecule has 2 heterocycles. The minimum absolute atomic E-state index is 0.0240. The van der Waals surface area contributed by atoms with Crippen molar-refractivity contribution in [3.8, 4) is 0 Å². The van der Waals surface area contributed by atoms with E-state index in [1.807, 2.05) is 0 Å². The first-order chi connectivity index (χ1) is 14.7. The van der Waals surface area contributed by atoms with E-state index in [9.17, 15) is 18.0 Å². The van der Waals surface area contributed by atoms with Crippen LogP contribution in [-0.2, 0) is 19.6 Å². The molecule has 13 heteroatoms. The Morgan fingerprint density at radius 3 is 2.48 bits per heavy atom. The number of benzene rings is 1. The monoisotopic (exact) mass is 481 g/mol. The average Bonchev–Trinajstić information content (AvgIpc) is 3.12. The zero-order valence-electron chi connectivity index (χ0n) is 16.2. The fourth-order valence-corrected chi connectivity index (χ4v) is 4.31. The molecule has 0 fully saturated rings. The minimum atomic E-state index is -3.85. The summed E-state index contributed by atoms with van der Waals surface area (Å²) in [6.45, 7) is 3.10. The van der Waals surface area contributed by atoms with Crippen LogP contribution >= 0.6 is 22.9 Å². The van der Waals surface area contributed by atoms with Gasteiger partial charge >= 0.3 is 5.97 Å². The van der Waals surface area contributed by atoms with E-state index in [0.29, 0.717) is 10.7 Å². The van der Waals surface area contributed by atoms with Crippen molar-refractivity contribution in [1.82, 2.24) is 15.2 Å². The second-order valence-corrected chi connectivity index (χ2v) is 9.36. The summed E-state index contributed by atoms with van der Waals surface area (Å²) in [7, 11) is -3.85. The molecule has 2 aromatic heterocycles. The van der Waals surface area contributed by atoms with Gasteiger partial charge in [-0.15, -0.1) is 10.2 Å². The van der Waals surface area contributed by atoms with Crippen molar-refractivity contribution < 1.29 is 22.7 Å². The molecule has 10 nitrogen and oxygen atoms in total. The van der Waals surface area contributed by atoms with E-state index in [0.717, 1.165) is 11.3 Å². The molecule has 0 spiro atoms. The topological polar surface area (TPSA) is 140 Å². The van der Waals surface area contributed by atoms with E-state index >= 15 is 0 Å². The number of halogens is 1. The Balaban J connectivity index is 1.61. The molecule has 3 aromatic rings. The number of anilines is 2. The van der Waals surface area contributed by atoms with Gasteiger partial charge in [-0.1, -0.05) is 22.9 Å². The SMILES string of the molecule is Cc1nnc(NS(=O)(=O)c2ccc(NC(=O)C(C)OC(=O)c3cccnc3Cl)cc2)s1. The fourth-order valence-electron chi connectivity index (χ4n) is 2.29. The number of aryl methyl sites for hydroxylation is 1. The Hall–Kier alpha value is -3.09. The number of hydrogen-bond donors (Lipinski definition) is 2. The van der Waals surface area contributed by atoms with Crippen LogP contribution in [-0.4, -0.2) is 41.6 Å². The van der Waals surface area contributed by atoms with Crippen LogP contribution in [0.2, 0.25) is 5.15 Å². The molecule has 1 unspecified atom stereocenters. The molecule has 0 saturated carbocycles. The molecule has 0 saturated heterocycles. The highest BCUT2D eigenvalue weighted by atomic mass is 35.5. The number of hydrogen-bond acceptors (Lipinski definition) is 9. The van der Waals surface area contributed by atoms with E-state index in [1.54, 1.807) is 6.92 Å². The van der Waals surface area contributed by atoms with E-state index in [4.69, 9.17) is 16.3 Å². The molecule has 1 atom stereocenters. The highest BCUT2D eigenvalue weighted by Gasteiger charge is 2.21. The minimum Gasteiger partial charge on any atom is -0.449 e. The van der Waals surface area contributed by atoms with Gasteiger partial charge in [0.25, 0.3) is 15.9 Å². The summed E-state index contributed by atoms with van der Waals surface area (Å²) in [6.07, 6.45) is 0.290. The van der Waals surface area contributed by atoms with Crippen LogP contribution in [0.25, 0.3) is 0 Å². The van der Waals surface area contributed by atoms with E-state index < -0.39 is 28.0 Å².